The van der Waals surface area contributed by atoms with Gasteiger partial charge < -0.3 is 9.52 Å². The summed E-state index contributed by atoms with van der Waals surface area (Å²) in [5.41, 5.74) is 2.86. The average Bonchev–Trinajstić information content (AvgIpc) is 2.77. The largest absolute Gasteiger partial charge is 0.476 e. The minimum absolute atomic E-state index is 0.0183. The molecule has 3 heteroatoms. The van der Waals surface area contributed by atoms with E-state index in [0.29, 0.717) is 12.3 Å². The van der Waals surface area contributed by atoms with Gasteiger partial charge in [0.05, 0.1) is 12.0 Å². The van der Waals surface area contributed by atoms with Gasteiger partial charge in [-0.3, -0.25) is 0 Å². The molecule has 0 unspecified atom stereocenters. The fraction of sp³-hybridized carbons (Fsp3) is 0.118. The van der Waals surface area contributed by atoms with Gasteiger partial charge in [0.1, 0.15) is 7.05 Å². The van der Waals surface area contributed by atoms with Crippen LogP contribution >= 0.6 is 0 Å². The lowest BCUT2D eigenvalue weighted by atomic mass is 10.1. The molecule has 3 nitrogen and oxygen atoms in total. The highest BCUT2D eigenvalue weighted by atomic mass is 16.5. The van der Waals surface area contributed by atoms with Crippen LogP contribution in [0.15, 0.2) is 65.1 Å². The molecule has 100 valence electrons. The molecule has 1 aromatic heterocycles. The topological polar surface area (TPSA) is 37.2 Å². The first-order valence-corrected chi connectivity index (χ1v) is 6.55. The van der Waals surface area contributed by atoms with Crippen molar-refractivity contribution in [3.63, 3.8) is 0 Å². The fourth-order valence-corrected chi connectivity index (χ4v) is 2.30. The van der Waals surface area contributed by atoms with E-state index in [1.165, 1.54) is 0 Å². The van der Waals surface area contributed by atoms with Crippen molar-refractivity contribution in [1.82, 2.24) is 0 Å². The molecule has 1 heterocycles. The third-order valence-corrected chi connectivity index (χ3v) is 3.38. The Kier molecular flexibility index (Phi) is 3.25. The van der Waals surface area contributed by atoms with Crippen molar-refractivity contribution in [2.45, 2.75) is 6.42 Å². The maximum atomic E-state index is 10.0. The van der Waals surface area contributed by atoms with Crippen LogP contribution < -0.4 is 4.57 Å². The van der Waals surface area contributed by atoms with E-state index in [9.17, 15) is 5.11 Å². The van der Waals surface area contributed by atoms with Gasteiger partial charge in [-0.2, -0.15) is 4.57 Å². The van der Waals surface area contributed by atoms with Crippen molar-refractivity contribution >= 4 is 0 Å². The van der Waals surface area contributed by atoms with Crippen LogP contribution in [0.4, 0.5) is 0 Å². The van der Waals surface area contributed by atoms with Crippen LogP contribution in [-0.4, -0.2) is 5.11 Å². The molecule has 0 atom stereocenters. The molecule has 0 aliphatic carbocycles. The van der Waals surface area contributed by atoms with Crippen LogP contribution in [0.25, 0.3) is 11.5 Å². The van der Waals surface area contributed by atoms with Gasteiger partial charge in [-0.05, 0) is 17.7 Å². The standard InChI is InChI=1S/C17H15NO2/c1-18-15(12-13-8-4-2-5-9-13)17(19)20-16(18)14-10-6-3-7-11-14/h2-11H,12H2,1H3/p+1. The second-order valence-electron chi connectivity index (χ2n) is 4.75. The molecular weight excluding hydrogens is 250 g/mol. The molecule has 0 fully saturated rings. The number of rotatable bonds is 3. The number of hydrogen-bond acceptors (Lipinski definition) is 2. The molecule has 0 aliphatic rings. The molecule has 1 N–H and O–H groups in total. The normalized spacial score (nSPS) is 10.7. The third-order valence-electron chi connectivity index (χ3n) is 3.38. The van der Waals surface area contributed by atoms with Gasteiger partial charge in [0, 0.05) is 0 Å². The van der Waals surface area contributed by atoms with E-state index in [4.69, 9.17) is 4.42 Å². The Morgan fingerprint density at radius 3 is 2.20 bits per heavy atom. The molecular formula is C17H16NO2+. The van der Waals surface area contributed by atoms with Crippen LogP contribution in [0.1, 0.15) is 11.3 Å². The Balaban J connectivity index is 1.99. The molecule has 20 heavy (non-hydrogen) atoms. The van der Waals surface area contributed by atoms with E-state index in [2.05, 4.69) is 0 Å². The van der Waals surface area contributed by atoms with Crippen LogP contribution in [0, 0.1) is 0 Å². The second kappa shape index (κ2) is 5.21. The zero-order valence-corrected chi connectivity index (χ0v) is 11.3. The van der Waals surface area contributed by atoms with E-state index < -0.39 is 0 Å². The molecule has 3 aromatic rings. The first kappa shape index (κ1) is 12.5. The van der Waals surface area contributed by atoms with Crippen molar-refractivity contribution in [2.75, 3.05) is 0 Å². The first-order valence-electron chi connectivity index (χ1n) is 6.55. The molecule has 0 bridgehead atoms. The van der Waals surface area contributed by atoms with Crippen molar-refractivity contribution < 1.29 is 14.1 Å². The number of nitrogens with zero attached hydrogens (tertiary/aromatic N) is 1. The van der Waals surface area contributed by atoms with Gasteiger partial charge in [-0.15, -0.1) is 0 Å². The molecule has 2 aromatic carbocycles. The van der Waals surface area contributed by atoms with Gasteiger partial charge in [-0.25, -0.2) is 0 Å². The van der Waals surface area contributed by atoms with Gasteiger partial charge in [-0.1, -0.05) is 48.5 Å². The number of aromatic hydroxyl groups is 1. The number of benzene rings is 2. The Morgan fingerprint density at radius 1 is 0.950 bits per heavy atom. The van der Waals surface area contributed by atoms with Crippen molar-refractivity contribution in [3.05, 3.63) is 71.9 Å². The maximum Gasteiger partial charge on any atom is 0.383 e. The molecule has 0 saturated carbocycles. The zero-order valence-electron chi connectivity index (χ0n) is 11.3. The SMILES string of the molecule is C[n+]1c(-c2ccccc2)oc(O)c1Cc1ccccc1. The zero-order chi connectivity index (χ0) is 13.9. The molecule has 0 aliphatic heterocycles. The van der Waals surface area contributed by atoms with E-state index in [1.54, 1.807) is 0 Å². The van der Waals surface area contributed by atoms with E-state index in [0.717, 1.165) is 16.8 Å². The number of oxazole rings is 1. The summed E-state index contributed by atoms with van der Waals surface area (Å²) in [4.78, 5) is 0. The molecule has 0 saturated heterocycles. The Hall–Kier alpha value is -2.55. The summed E-state index contributed by atoms with van der Waals surface area (Å²) in [6.45, 7) is 0. The van der Waals surface area contributed by atoms with Crippen molar-refractivity contribution in [3.8, 4) is 17.4 Å². The average molecular weight is 266 g/mol. The predicted octanol–water partition coefficient (Wildman–Crippen LogP) is 3.07. The molecule has 0 amide bonds. The summed E-state index contributed by atoms with van der Waals surface area (Å²) >= 11 is 0. The highest BCUT2D eigenvalue weighted by Crippen LogP contribution is 2.25. The molecule has 3 rings (SSSR count). The minimum atomic E-state index is -0.0183. The molecule has 0 radical (unpaired) electrons. The van der Waals surface area contributed by atoms with Crippen LogP contribution in [0.5, 0.6) is 5.95 Å². The van der Waals surface area contributed by atoms with Gasteiger partial charge in [0.15, 0.2) is 0 Å². The van der Waals surface area contributed by atoms with E-state index in [-0.39, 0.29) is 5.95 Å². The lowest BCUT2D eigenvalue weighted by Gasteiger charge is -1.96. The van der Waals surface area contributed by atoms with Gasteiger partial charge >= 0.3 is 11.8 Å². The maximum absolute atomic E-state index is 10.0. The monoisotopic (exact) mass is 266 g/mol. The van der Waals surface area contributed by atoms with Gasteiger partial charge in [0.25, 0.3) is 5.69 Å². The number of aromatic nitrogens is 1. The van der Waals surface area contributed by atoms with E-state index in [1.807, 2.05) is 72.3 Å². The second-order valence-corrected chi connectivity index (χ2v) is 4.75. The Morgan fingerprint density at radius 2 is 1.55 bits per heavy atom. The summed E-state index contributed by atoms with van der Waals surface area (Å²) in [7, 11) is 1.91. The summed E-state index contributed by atoms with van der Waals surface area (Å²) in [5, 5.41) is 10.0. The van der Waals surface area contributed by atoms with Crippen molar-refractivity contribution in [1.29, 1.82) is 0 Å². The Labute approximate surface area is 117 Å². The van der Waals surface area contributed by atoms with Crippen molar-refractivity contribution in [2.24, 2.45) is 7.05 Å². The third kappa shape index (κ3) is 2.30. The summed E-state index contributed by atoms with van der Waals surface area (Å²) < 4.78 is 7.42. The lowest BCUT2D eigenvalue weighted by Crippen LogP contribution is -2.33. The molecule has 0 spiro atoms. The van der Waals surface area contributed by atoms with Crippen LogP contribution in [-0.2, 0) is 13.5 Å². The fourth-order valence-electron chi connectivity index (χ4n) is 2.30. The quantitative estimate of drug-likeness (QED) is 0.740. The number of hydrogen-bond donors (Lipinski definition) is 1. The highest BCUT2D eigenvalue weighted by Gasteiger charge is 2.26. The smallest absolute Gasteiger partial charge is 0.383 e. The predicted molar refractivity (Wildman–Crippen MR) is 76.2 cm³/mol. The Bertz CT molecular complexity index is 703. The minimum Gasteiger partial charge on any atom is -0.476 e. The van der Waals surface area contributed by atoms with Crippen LogP contribution in [0.2, 0.25) is 0 Å². The highest BCUT2D eigenvalue weighted by molar-refractivity contribution is 5.50. The van der Waals surface area contributed by atoms with Gasteiger partial charge in [0.2, 0.25) is 0 Å². The summed E-state index contributed by atoms with van der Waals surface area (Å²) in [6, 6.07) is 19.8. The lowest BCUT2D eigenvalue weighted by molar-refractivity contribution is -0.669. The first-order chi connectivity index (χ1) is 9.75. The van der Waals surface area contributed by atoms with E-state index >= 15 is 0 Å². The van der Waals surface area contributed by atoms with Crippen LogP contribution in [0.3, 0.4) is 0 Å². The summed E-state index contributed by atoms with van der Waals surface area (Å²) in [5.74, 6) is 0.643. The summed E-state index contributed by atoms with van der Waals surface area (Å²) in [6.07, 6.45) is 0.638.